The van der Waals surface area contributed by atoms with Gasteiger partial charge in [-0.1, -0.05) is 18.2 Å². The van der Waals surface area contributed by atoms with Crippen LogP contribution in [-0.2, 0) is 24.6 Å². The Balaban J connectivity index is 1.91. The van der Waals surface area contributed by atoms with Crippen molar-refractivity contribution in [3.8, 4) is 0 Å². The summed E-state index contributed by atoms with van der Waals surface area (Å²) in [4.78, 5) is 0.197. The van der Waals surface area contributed by atoms with Crippen LogP contribution >= 0.6 is 0 Å². The van der Waals surface area contributed by atoms with E-state index in [2.05, 4.69) is 0 Å². The highest BCUT2D eigenvalue weighted by Gasteiger charge is 2.40. The van der Waals surface area contributed by atoms with Gasteiger partial charge in [0.1, 0.15) is 0 Å². The fourth-order valence-corrected chi connectivity index (χ4v) is 6.69. The molecule has 0 bridgehead atoms. The van der Waals surface area contributed by atoms with Crippen molar-refractivity contribution < 1.29 is 21.6 Å². The average molecular weight is 359 g/mol. The maximum absolute atomic E-state index is 13.0. The first-order chi connectivity index (χ1) is 10.9. The Morgan fingerprint density at radius 3 is 2.48 bits per heavy atom. The van der Waals surface area contributed by atoms with Crippen LogP contribution in [0.2, 0.25) is 0 Å². The van der Waals surface area contributed by atoms with E-state index in [9.17, 15) is 16.8 Å². The first kappa shape index (κ1) is 16.9. The lowest BCUT2D eigenvalue weighted by atomic mass is 10.2. The monoisotopic (exact) mass is 359 g/mol. The minimum atomic E-state index is -3.73. The van der Waals surface area contributed by atoms with Gasteiger partial charge in [0, 0.05) is 19.2 Å². The lowest BCUT2D eigenvalue weighted by Crippen LogP contribution is -2.45. The summed E-state index contributed by atoms with van der Waals surface area (Å²) in [6, 6.07) is 7.67. The molecular formula is C15H21NO5S2. The summed E-state index contributed by atoms with van der Waals surface area (Å²) >= 11 is 0. The van der Waals surface area contributed by atoms with Gasteiger partial charge in [-0.3, -0.25) is 0 Å². The molecule has 2 heterocycles. The summed E-state index contributed by atoms with van der Waals surface area (Å²) in [6.07, 6.45) is 1.91. The molecular weight excluding hydrogens is 338 g/mol. The van der Waals surface area contributed by atoms with Crippen molar-refractivity contribution in [3.63, 3.8) is 0 Å². The zero-order valence-electron chi connectivity index (χ0n) is 12.8. The number of nitrogens with zero attached hydrogens (tertiary/aromatic N) is 1. The number of sulfone groups is 1. The molecule has 3 rings (SSSR count). The smallest absolute Gasteiger partial charge is 0.243 e. The Kier molecular flexibility index (Phi) is 4.78. The van der Waals surface area contributed by atoms with Crippen molar-refractivity contribution in [1.82, 2.24) is 4.31 Å². The predicted octanol–water partition coefficient (Wildman–Crippen LogP) is 1.04. The van der Waals surface area contributed by atoms with E-state index in [-0.39, 0.29) is 29.0 Å². The van der Waals surface area contributed by atoms with Crippen LogP contribution in [0.4, 0.5) is 0 Å². The molecule has 128 valence electrons. The maximum Gasteiger partial charge on any atom is 0.243 e. The van der Waals surface area contributed by atoms with Gasteiger partial charge in [0.2, 0.25) is 10.0 Å². The number of hydrogen-bond acceptors (Lipinski definition) is 5. The summed E-state index contributed by atoms with van der Waals surface area (Å²) in [5.41, 5.74) is 0. The second-order valence-corrected chi connectivity index (χ2v) is 10.2. The molecule has 1 aromatic carbocycles. The molecule has 0 aliphatic carbocycles. The molecule has 0 aromatic heterocycles. The van der Waals surface area contributed by atoms with Crippen molar-refractivity contribution in [3.05, 3.63) is 30.3 Å². The van der Waals surface area contributed by atoms with E-state index < -0.39 is 25.9 Å². The molecule has 8 heteroatoms. The van der Waals surface area contributed by atoms with Crippen LogP contribution in [-0.4, -0.2) is 57.9 Å². The van der Waals surface area contributed by atoms with E-state index in [1.54, 1.807) is 30.3 Å². The lowest BCUT2D eigenvalue weighted by Gasteiger charge is -2.29. The molecule has 2 atom stereocenters. The molecule has 6 nitrogen and oxygen atoms in total. The third-order valence-electron chi connectivity index (χ3n) is 4.37. The summed E-state index contributed by atoms with van der Waals surface area (Å²) in [7, 11) is -6.90. The molecule has 0 N–H and O–H groups in total. The van der Waals surface area contributed by atoms with Crippen molar-refractivity contribution in [2.45, 2.75) is 36.3 Å². The maximum atomic E-state index is 13.0. The molecule has 0 amide bonds. The van der Waals surface area contributed by atoms with Crippen LogP contribution in [0.5, 0.6) is 0 Å². The topological polar surface area (TPSA) is 80.8 Å². The quantitative estimate of drug-likeness (QED) is 0.785. The molecule has 0 radical (unpaired) electrons. The fraction of sp³-hybridized carbons (Fsp3) is 0.600. The van der Waals surface area contributed by atoms with Gasteiger partial charge >= 0.3 is 0 Å². The Labute approximate surface area is 137 Å². The zero-order valence-corrected chi connectivity index (χ0v) is 14.4. The minimum Gasteiger partial charge on any atom is -0.377 e. The summed E-state index contributed by atoms with van der Waals surface area (Å²) in [6.45, 7) is 0.851. The molecule has 2 saturated heterocycles. The Morgan fingerprint density at radius 1 is 1.17 bits per heavy atom. The lowest BCUT2D eigenvalue weighted by molar-refractivity contribution is 0.0877. The second kappa shape index (κ2) is 6.51. The number of rotatable bonds is 5. The molecule has 23 heavy (non-hydrogen) atoms. The molecule has 2 aliphatic rings. The van der Waals surface area contributed by atoms with Crippen molar-refractivity contribution in [1.29, 1.82) is 0 Å². The number of sulfonamides is 1. The minimum absolute atomic E-state index is 0.0456. The second-order valence-electron chi connectivity index (χ2n) is 6.08. The Morgan fingerprint density at radius 2 is 1.91 bits per heavy atom. The van der Waals surface area contributed by atoms with Gasteiger partial charge in [0.05, 0.1) is 22.5 Å². The molecule has 0 spiro atoms. The largest absolute Gasteiger partial charge is 0.377 e. The normalized spacial score (nSPS) is 27.5. The van der Waals surface area contributed by atoms with Gasteiger partial charge in [-0.15, -0.1) is 0 Å². The van der Waals surface area contributed by atoms with Crippen LogP contribution in [0.15, 0.2) is 35.2 Å². The van der Waals surface area contributed by atoms with Gasteiger partial charge in [-0.05, 0) is 31.4 Å². The average Bonchev–Trinajstić information content (AvgIpc) is 3.14. The van der Waals surface area contributed by atoms with Crippen LogP contribution in [0, 0.1) is 0 Å². The highest BCUT2D eigenvalue weighted by atomic mass is 32.2. The first-order valence-corrected chi connectivity index (χ1v) is 11.0. The van der Waals surface area contributed by atoms with Crippen molar-refractivity contribution in [2.24, 2.45) is 0 Å². The SMILES string of the molecule is O=S1(=O)CC[C@@H](N(C[C@H]2CCCO2)S(=O)(=O)c2ccccc2)C1. The fourth-order valence-electron chi connectivity index (χ4n) is 3.16. The van der Waals surface area contributed by atoms with Gasteiger partial charge in [0.15, 0.2) is 9.84 Å². The Bertz CT molecular complexity index is 739. The first-order valence-electron chi connectivity index (χ1n) is 7.77. The zero-order chi connectivity index (χ0) is 16.5. The van der Waals surface area contributed by atoms with Crippen molar-refractivity contribution >= 4 is 19.9 Å². The number of benzene rings is 1. The highest BCUT2D eigenvalue weighted by molar-refractivity contribution is 7.92. The number of hydrogen-bond donors (Lipinski definition) is 0. The Hall–Kier alpha value is -0.960. The van der Waals surface area contributed by atoms with Crippen molar-refractivity contribution in [2.75, 3.05) is 24.7 Å². The van der Waals surface area contributed by atoms with E-state index in [1.807, 2.05) is 0 Å². The molecule has 2 fully saturated rings. The molecule has 1 aromatic rings. The molecule has 0 saturated carbocycles. The van der Waals surface area contributed by atoms with E-state index in [0.29, 0.717) is 13.0 Å². The van der Waals surface area contributed by atoms with Gasteiger partial charge in [0.25, 0.3) is 0 Å². The van der Waals surface area contributed by atoms with Crippen LogP contribution < -0.4 is 0 Å². The summed E-state index contributed by atoms with van der Waals surface area (Å²) < 4.78 is 56.5. The van der Waals surface area contributed by atoms with Gasteiger partial charge < -0.3 is 4.74 Å². The van der Waals surface area contributed by atoms with Crippen LogP contribution in [0.1, 0.15) is 19.3 Å². The summed E-state index contributed by atoms with van der Waals surface area (Å²) in [5, 5.41) is 0. The third-order valence-corrected chi connectivity index (χ3v) is 8.06. The van der Waals surface area contributed by atoms with E-state index in [0.717, 1.165) is 12.8 Å². The predicted molar refractivity (Wildman–Crippen MR) is 86.4 cm³/mol. The standard InChI is InChI=1S/C15H21NO5S2/c17-22(18)10-8-13(12-22)16(11-14-5-4-9-21-14)23(19,20)15-6-2-1-3-7-15/h1-3,6-7,13-14H,4-5,8-12H2/t13-,14-/m1/s1. The van der Waals surface area contributed by atoms with E-state index >= 15 is 0 Å². The summed E-state index contributed by atoms with van der Waals surface area (Å²) in [5.74, 6) is -0.0597. The molecule has 0 unspecified atom stereocenters. The third kappa shape index (κ3) is 3.76. The molecule has 2 aliphatic heterocycles. The highest BCUT2D eigenvalue weighted by Crippen LogP contribution is 2.27. The van der Waals surface area contributed by atoms with Crippen LogP contribution in [0.25, 0.3) is 0 Å². The van der Waals surface area contributed by atoms with Gasteiger partial charge in [-0.2, -0.15) is 4.31 Å². The van der Waals surface area contributed by atoms with Gasteiger partial charge in [-0.25, -0.2) is 16.8 Å². The van der Waals surface area contributed by atoms with E-state index in [1.165, 1.54) is 4.31 Å². The van der Waals surface area contributed by atoms with Crippen LogP contribution in [0.3, 0.4) is 0 Å². The van der Waals surface area contributed by atoms with E-state index in [4.69, 9.17) is 4.74 Å². The number of ether oxygens (including phenoxy) is 1.